The van der Waals surface area contributed by atoms with Crippen molar-refractivity contribution in [3.63, 3.8) is 0 Å². The van der Waals surface area contributed by atoms with Gasteiger partial charge in [-0.1, -0.05) is 0 Å². The molecule has 0 saturated heterocycles. The molecule has 1 rings (SSSR count). The molecule has 1 heterocycles. The highest BCUT2D eigenvalue weighted by atomic mass is 16.4. The number of amides is 1. The van der Waals surface area contributed by atoms with Crippen LogP contribution in [0.2, 0.25) is 0 Å². The first-order valence-electron chi connectivity index (χ1n) is 7.78. The van der Waals surface area contributed by atoms with Gasteiger partial charge in [0.1, 0.15) is 18.3 Å². The molecule has 0 bridgehead atoms. The summed E-state index contributed by atoms with van der Waals surface area (Å²) in [5, 5.41) is 50.3. The van der Waals surface area contributed by atoms with E-state index in [9.17, 15) is 25.2 Å². The Kier molecular flexibility index (Phi) is 6.74. The van der Waals surface area contributed by atoms with Gasteiger partial charge in [-0.2, -0.15) is 0 Å². The molecule has 0 aliphatic carbocycles. The van der Waals surface area contributed by atoms with Crippen LogP contribution in [0.3, 0.4) is 0 Å². The molecule has 0 aromatic carbocycles. The zero-order chi connectivity index (χ0) is 18.7. The van der Waals surface area contributed by atoms with E-state index in [4.69, 9.17) is 5.11 Å². The molecule has 0 fully saturated rings. The average Bonchev–Trinajstić information content (AvgIpc) is 2.46. The van der Waals surface area contributed by atoms with Crippen LogP contribution in [0.15, 0.2) is 11.8 Å². The van der Waals surface area contributed by atoms with E-state index in [-0.39, 0.29) is 11.1 Å². The quantitative estimate of drug-likeness (QED) is 0.235. The third-order valence-corrected chi connectivity index (χ3v) is 3.70. The summed E-state index contributed by atoms with van der Waals surface area (Å²) >= 11 is 0. The van der Waals surface area contributed by atoms with Crippen LogP contribution in [0.4, 0.5) is 0 Å². The smallest absolute Gasteiger partial charge is 0.269 e. The number of aliphatic hydroxyl groups is 5. The van der Waals surface area contributed by atoms with Crippen molar-refractivity contribution in [3.8, 4) is 0 Å². The molecule has 4 atom stereocenters. The number of rotatable bonds is 7. The van der Waals surface area contributed by atoms with Crippen molar-refractivity contribution < 1.29 is 30.3 Å². The molecule has 9 heteroatoms. The van der Waals surface area contributed by atoms with Gasteiger partial charge in [0, 0.05) is 23.2 Å². The molecule has 140 valence electrons. The fraction of sp³-hybridized carbons (Fsp3) is 0.800. The summed E-state index contributed by atoms with van der Waals surface area (Å²) in [7, 11) is 0. The van der Waals surface area contributed by atoms with Crippen LogP contribution in [0, 0.1) is 0 Å². The maximum atomic E-state index is 11.9. The largest absolute Gasteiger partial charge is 0.394 e. The van der Waals surface area contributed by atoms with E-state index in [0.29, 0.717) is 6.42 Å². The lowest BCUT2D eigenvalue weighted by Gasteiger charge is -2.41. The van der Waals surface area contributed by atoms with Gasteiger partial charge in [-0.15, -0.1) is 0 Å². The second-order valence-corrected chi connectivity index (χ2v) is 7.37. The van der Waals surface area contributed by atoms with E-state index in [1.165, 1.54) is 0 Å². The van der Waals surface area contributed by atoms with Gasteiger partial charge in [0.15, 0.2) is 6.10 Å². The topological polar surface area (TPSA) is 154 Å². The lowest BCUT2D eigenvalue weighted by atomic mass is 9.86. The number of carbonyl (C=O) groups excluding carboxylic acids is 1. The Morgan fingerprint density at radius 1 is 1.21 bits per heavy atom. The lowest BCUT2D eigenvalue weighted by molar-refractivity contribution is -0.149. The summed E-state index contributed by atoms with van der Waals surface area (Å²) in [6.07, 6.45) is -4.94. The van der Waals surface area contributed by atoms with Gasteiger partial charge in [0.05, 0.1) is 6.61 Å². The lowest BCUT2D eigenvalue weighted by Crippen LogP contribution is -2.57. The monoisotopic (exact) mass is 347 g/mol. The molecular weight excluding hydrogens is 318 g/mol. The summed E-state index contributed by atoms with van der Waals surface area (Å²) in [6.45, 7) is 7.16. The number of hydrogen-bond acceptors (Lipinski definition) is 8. The van der Waals surface area contributed by atoms with Crippen molar-refractivity contribution in [2.45, 2.75) is 69.6 Å². The van der Waals surface area contributed by atoms with Crippen molar-refractivity contribution in [3.05, 3.63) is 11.8 Å². The number of nitrogens with one attached hydrogen (secondary N) is 3. The Morgan fingerprint density at radius 2 is 1.79 bits per heavy atom. The number of hydrogen-bond donors (Lipinski definition) is 8. The van der Waals surface area contributed by atoms with E-state index in [0.717, 1.165) is 5.70 Å². The van der Waals surface area contributed by atoms with Crippen LogP contribution in [0.25, 0.3) is 0 Å². The van der Waals surface area contributed by atoms with Crippen LogP contribution in [0.5, 0.6) is 0 Å². The van der Waals surface area contributed by atoms with Gasteiger partial charge in [-0.25, -0.2) is 0 Å². The van der Waals surface area contributed by atoms with Crippen LogP contribution in [0.1, 0.15) is 34.1 Å². The molecule has 0 saturated carbocycles. The van der Waals surface area contributed by atoms with Crippen molar-refractivity contribution in [1.29, 1.82) is 0 Å². The molecule has 0 radical (unpaired) electrons. The molecule has 9 nitrogen and oxygen atoms in total. The van der Waals surface area contributed by atoms with Crippen molar-refractivity contribution in [1.82, 2.24) is 16.2 Å². The number of carbonyl (C=O) groups is 1. The molecule has 8 N–H and O–H groups in total. The van der Waals surface area contributed by atoms with E-state index in [1.807, 2.05) is 33.8 Å². The summed E-state index contributed by atoms with van der Waals surface area (Å²) in [5.74, 6) is -0.971. The third-order valence-electron chi connectivity index (χ3n) is 3.70. The first-order valence-corrected chi connectivity index (χ1v) is 7.78. The average molecular weight is 347 g/mol. The second-order valence-electron chi connectivity index (χ2n) is 7.37. The molecule has 1 aliphatic rings. The highest BCUT2D eigenvalue weighted by Crippen LogP contribution is 2.25. The summed E-state index contributed by atoms with van der Waals surface area (Å²) in [4.78, 5) is 11.9. The zero-order valence-electron chi connectivity index (χ0n) is 14.4. The highest BCUT2D eigenvalue weighted by Gasteiger charge is 2.35. The van der Waals surface area contributed by atoms with Gasteiger partial charge in [-0.3, -0.25) is 10.2 Å². The molecule has 0 aromatic heterocycles. The molecule has 1 amide bonds. The van der Waals surface area contributed by atoms with E-state index in [1.54, 1.807) is 0 Å². The first kappa shape index (κ1) is 20.8. The van der Waals surface area contributed by atoms with Crippen LogP contribution in [-0.4, -0.2) is 73.5 Å². The van der Waals surface area contributed by atoms with Gasteiger partial charge in [-0.05, 0) is 33.8 Å². The molecule has 24 heavy (non-hydrogen) atoms. The Morgan fingerprint density at radius 3 is 2.29 bits per heavy atom. The SMILES string of the molecule is CC1(C)C=C(NNC(=O)C(O)C(O)C(O)C(O)CO)CC(C)(C)N1. The van der Waals surface area contributed by atoms with Crippen molar-refractivity contribution >= 4 is 5.91 Å². The van der Waals surface area contributed by atoms with Gasteiger partial charge < -0.3 is 36.3 Å². The Hall–Kier alpha value is -1.23. The van der Waals surface area contributed by atoms with Crippen molar-refractivity contribution in [2.75, 3.05) is 6.61 Å². The van der Waals surface area contributed by atoms with E-state index >= 15 is 0 Å². The Bertz CT molecular complexity index is 480. The van der Waals surface area contributed by atoms with Crippen LogP contribution in [-0.2, 0) is 4.79 Å². The molecule has 4 unspecified atom stereocenters. The maximum absolute atomic E-state index is 11.9. The first-order chi connectivity index (χ1) is 10.9. The minimum atomic E-state index is -1.97. The normalized spacial score (nSPS) is 24.3. The summed E-state index contributed by atoms with van der Waals surface area (Å²) in [5.41, 5.74) is 5.21. The van der Waals surface area contributed by atoms with Gasteiger partial charge >= 0.3 is 0 Å². The molecule has 0 spiro atoms. The fourth-order valence-electron chi connectivity index (χ4n) is 2.89. The van der Waals surface area contributed by atoms with Crippen molar-refractivity contribution in [2.24, 2.45) is 0 Å². The predicted octanol–water partition coefficient (Wildman–Crippen LogP) is -2.52. The van der Waals surface area contributed by atoms with Crippen LogP contribution >= 0.6 is 0 Å². The minimum Gasteiger partial charge on any atom is -0.394 e. The van der Waals surface area contributed by atoms with Gasteiger partial charge in [0.2, 0.25) is 0 Å². The third kappa shape index (κ3) is 5.69. The van der Waals surface area contributed by atoms with E-state index < -0.39 is 36.9 Å². The maximum Gasteiger partial charge on any atom is 0.269 e. The fourth-order valence-corrected chi connectivity index (χ4v) is 2.89. The number of hydrazine groups is 1. The molecular formula is C15H29N3O6. The van der Waals surface area contributed by atoms with E-state index in [2.05, 4.69) is 16.2 Å². The minimum absolute atomic E-state index is 0.204. The number of aliphatic hydroxyl groups excluding tert-OH is 5. The Balaban J connectivity index is 2.64. The zero-order valence-corrected chi connectivity index (χ0v) is 14.4. The Labute approximate surface area is 141 Å². The summed E-state index contributed by atoms with van der Waals surface area (Å²) in [6, 6.07) is 0. The molecule has 0 aromatic rings. The second kappa shape index (κ2) is 7.77. The predicted molar refractivity (Wildman–Crippen MR) is 86.4 cm³/mol. The summed E-state index contributed by atoms with van der Waals surface area (Å²) < 4.78 is 0. The molecule has 1 aliphatic heterocycles. The standard InChI is InChI=1S/C15H29N3O6/c1-14(2)5-8(6-15(3,4)18-14)16-17-13(24)12(23)11(22)10(21)9(20)7-19/h5,9-12,16,18-23H,6-7H2,1-4H3,(H,17,24). The van der Waals surface area contributed by atoms with Gasteiger partial charge in [0.25, 0.3) is 5.91 Å². The highest BCUT2D eigenvalue weighted by molar-refractivity contribution is 5.80. The van der Waals surface area contributed by atoms with Crippen LogP contribution < -0.4 is 16.2 Å².